The average Bonchev–Trinajstić information content (AvgIpc) is 2.88. The fourth-order valence-electron chi connectivity index (χ4n) is 4.50. The fourth-order valence-corrected chi connectivity index (χ4v) is 4.50. The van der Waals surface area contributed by atoms with E-state index in [0.717, 1.165) is 55.5 Å². The monoisotopic (exact) mass is 499 g/mol. The highest BCUT2D eigenvalue weighted by atomic mass is 16.5. The molecule has 0 bridgehead atoms. The van der Waals surface area contributed by atoms with Gasteiger partial charge in [0.05, 0.1) is 50.5 Å². The molecule has 2 aromatic heterocycles. The summed E-state index contributed by atoms with van der Waals surface area (Å²) < 4.78 is 24.7. The lowest BCUT2D eigenvalue weighted by Crippen LogP contribution is -2.36. The largest absolute Gasteiger partial charge is 0.494 e. The molecule has 0 spiro atoms. The minimum atomic E-state index is -0.159. The molecule has 10 heteroatoms. The number of hydrogen-bond acceptors (Lipinski definition) is 9. The van der Waals surface area contributed by atoms with Crippen LogP contribution in [0.1, 0.15) is 40.5 Å². The first-order valence-electron chi connectivity index (χ1n) is 11.6. The molecule has 196 valence electrons. The van der Waals surface area contributed by atoms with E-state index in [0.29, 0.717) is 30.7 Å². The van der Waals surface area contributed by atoms with Crippen molar-refractivity contribution in [2.24, 2.45) is 7.05 Å². The van der Waals surface area contributed by atoms with Gasteiger partial charge in [-0.2, -0.15) is 9.97 Å². The number of morpholine rings is 1. The zero-order chi connectivity index (χ0) is 23.5. The van der Waals surface area contributed by atoms with E-state index in [9.17, 15) is 4.79 Å². The Balaban J connectivity index is 0.00000180. The Bertz CT molecular complexity index is 1190. The predicted molar refractivity (Wildman–Crippen MR) is 139 cm³/mol. The standard InChI is InChI=1S/C24H29N5O5.2CH4/c1-28-22(30)15-25-20-11-16(29-7-9-32-10-8-29)12-21(23(20)28)33-17-3-5-18(6-4-17)34-24-26-13-19(31-2)14-27-24;;/h11-15,17-18H,3-10H2,1-2H3;2*1H4. The van der Waals surface area contributed by atoms with Crippen molar-refractivity contribution in [2.75, 3.05) is 38.3 Å². The van der Waals surface area contributed by atoms with Crippen molar-refractivity contribution >= 4 is 16.7 Å². The van der Waals surface area contributed by atoms with Gasteiger partial charge in [0.1, 0.15) is 17.4 Å². The van der Waals surface area contributed by atoms with Crippen molar-refractivity contribution in [3.8, 4) is 17.5 Å². The van der Waals surface area contributed by atoms with E-state index >= 15 is 0 Å². The molecule has 5 rings (SSSR count). The molecule has 2 fully saturated rings. The first-order chi connectivity index (χ1) is 16.6. The third-order valence-corrected chi connectivity index (χ3v) is 6.42. The van der Waals surface area contributed by atoms with Crippen LogP contribution >= 0.6 is 0 Å². The molecule has 0 radical (unpaired) electrons. The van der Waals surface area contributed by atoms with Crippen LogP contribution in [0.5, 0.6) is 17.5 Å². The topological polar surface area (TPSA) is 101 Å². The molecule has 0 N–H and O–H groups in total. The Kier molecular flexibility index (Phi) is 9.08. The second kappa shape index (κ2) is 12.0. The van der Waals surface area contributed by atoms with Crippen LogP contribution in [0.2, 0.25) is 0 Å². The number of ether oxygens (including phenoxy) is 4. The van der Waals surface area contributed by atoms with E-state index in [-0.39, 0.29) is 32.6 Å². The van der Waals surface area contributed by atoms with Gasteiger partial charge in [0, 0.05) is 31.9 Å². The minimum Gasteiger partial charge on any atom is -0.494 e. The molecule has 0 unspecified atom stereocenters. The number of methoxy groups -OCH3 is 1. The van der Waals surface area contributed by atoms with Gasteiger partial charge in [-0.15, -0.1) is 0 Å². The lowest BCUT2D eigenvalue weighted by molar-refractivity contribution is 0.0755. The number of fused-ring (bicyclic) bond motifs is 1. The van der Waals surface area contributed by atoms with Gasteiger partial charge in [0.15, 0.2) is 5.75 Å². The first kappa shape index (κ1) is 27.2. The van der Waals surface area contributed by atoms with Crippen molar-refractivity contribution in [2.45, 2.75) is 52.7 Å². The summed E-state index contributed by atoms with van der Waals surface area (Å²) in [7, 11) is 3.33. The Morgan fingerprint density at radius 3 is 2.19 bits per heavy atom. The van der Waals surface area contributed by atoms with Crippen LogP contribution in [0.15, 0.2) is 35.5 Å². The Hall–Kier alpha value is -3.40. The number of anilines is 1. The number of aromatic nitrogens is 4. The molecule has 36 heavy (non-hydrogen) atoms. The Labute approximate surface area is 212 Å². The van der Waals surface area contributed by atoms with Gasteiger partial charge in [0.2, 0.25) is 0 Å². The molecule has 10 nitrogen and oxygen atoms in total. The van der Waals surface area contributed by atoms with Crippen LogP contribution in [0.4, 0.5) is 5.69 Å². The molecule has 0 atom stereocenters. The smallest absolute Gasteiger partial charge is 0.316 e. The van der Waals surface area contributed by atoms with Gasteiger partial charge in [-0.05, 0) is 31.7 Å². The highest BCUT2D eigenvalue weighted by molar-refractivity contribution is 5.85. The zero-order valence-electron chi connectivity index (χ0n) is 19.5. The van der Waals surface area contributed by atoms with E-state index in [2.05, 4.69) is 19.9 Å². The van der Waals surface area contributed by atoms with Gasteiger partial charge >= 0.3 is 6.01 Å². The summed E-state index contributed by atoms with van der Waals surface area (Å²) >= 11 is 0. The molecule has 1 aliphatic heterocycles. The van der Waals surface area contributed by atoms with Crippen LogP contribution in [0.25, 0.3) is 11.0 Å². The molecular formula is C26H37N5O5. The summed E-state index contributed by atoms with van der Waals surface area (Å²) in [5, 5.41) is 0. The molecule has 1 saturated heterocycles. The average molecular weight is 500 g/mol. The lowest BCUT2D eigenvalue weighted by Gasteiger charge is -2.31. The fraction of sp³-hybridized carbons (Fsp3) is 0.538. The SMILES string of the molecule is C.C.COc1cnc(OC2CCC(Oc3cc(N4CCOCC4)cc4ncc(=O)n(C)c34)CC2)nc1. The highest BCUT2D eigenvalue weighted by Gasteiger charge is 2.26. The normalized spacial score (nSPS) is 19.7. The number of hydrogen-bond donors (Lipinski definition) is 0. The van der Waals surface area contributed by atoms with Gasteiger partial charge < -0.3 is 28.4 Å². The third kappa shape index (κ3) is 5.87. The maximum atomic E-state index is 12.3. The van der Waals surface area contributed by atoms with Gasteiger partial charge in [0.25, 0.3) is 5.56 Å². The summed E-state index contributed by atoms with van der Waals surface area (Å²) in [5.74, 6) is 1.29. The Morgan fingerprint density at radius 2 is 1.56 bits per heavy atom. The third-order valence-electron chi connectivity index (χ3n) is 6.42. The van der Waals surface area contributed by atoms with E-state index in [1.165, 1.54) is 6.20 Å². The second-order valence-electron chi connectivity index (χ2n) is 8.61. The van der Waals surface area contributed by atoms with Gasteiger partial charge in [-0.1, -0.05) is 14.9 Å². The van der Waals surface area contributed by atoms with Gasteiger partial charge in [-0.3, -0.25) is 4.79 Å². The first-order valence-corrected chi connectivity index (χ1v) is 11.6. The van der Waals surface area contributed by atoms with E-state index < -0.39 is 0 Å². The maximum Gasteiger partial charge on any atom is 0.316 e. The summed E-state index contributed by atoms with van der Waals surface area (Å²) in [4.78, 5) is 27.4. The number of rotatable bonds is 6. The van der Waals surface area contributed by atoms with E-state index in [1.807, 2.05) is 12.1 Å². The van der Waals surface area contributed by atoms with Crippen molar-refractivity contribution in [1.29, 1.82) is 0 Å². The second-order valence-corrected chi connectivity index (χ2v) is 8.61. The van der Waals surface area contributed by atoms with Crippen LogP contribution in [0.3, 0.4) is 0 Å². The van der Waals surface area contributed by atoms with E-state index in [4.69, 9.17) is 18.9 Å². The van der Waals surface area contributed by atoms with Crippen molar-refractivity contribution in [3.05, 3.63) is 41.1 Å². The number of aryl methyl sites for hydroxylation is 1. The maximum absolute atomic E-state index is 12.3. The van der Waals surface area contributed by atoms with Crippen molar-refractivity contribution in [3.63, 3.8) is 0 Å². The predicted octanol–water partition coefficient (Wildman–Crippen LogP) is 3.61. The number of benzene rings is 1. The minimum absolute atomic E-state index is 0. The van der Waals surface area contributed by atoms with Crippen LogP contribution in [-0.4, -0.2) is 65.1 Å². The summed E-state index contributed by atoms with van der Waals surface area (Å²) in [6, 6.07) is 4.41. The quantitative estimate of drug-likeness (QED) is 0.503. The molecule has 0 amide bonds. The molecule has 3 aromatic rings. The molecule has 1 saturated carbocycles. The molecule has 1 aromatic carbocycles. The number of nitrogens with zero attached hydrogens (tertiary/aromatic N) is 5. The summed E-state index contributed by atoms with van der Waals surface area (Å²) in [6.07, 6.45) is 7.95. The summed E-state index contributed by atoms with van der Waals surface area (Å²) in [5.41, 5.74) is 2.34. The van der Waals surface area contributed by atoms with Crippen molar-refractivity contribution < 1.29 is 18.9 Å². The van der Waals surface area contributed by atoms with Crippen LogP contribution in [-0.2, 0) is 11.8 Å². The zero-order valence-corrected chi connectivity index (χ0v) is 19.5. The Morgan fingerprint density at radius 1 is 0.917 bits per heavy atom. The van der Waals surface area contributed by atoms with Crippen LogP contribution in [0, 0.1) is 0 Å². The van der Waals surface area contributed by atoms with Crippen molar-refractivity contribution in [1.82, 2.24) is 19.5 Å². The molecular weight excluding hydrogens is 462 g/mol. The lowest BCUT2D eigenvalue weighted by atomic mass is 9.95. The molecule has 1 aliphatic carbocycles. The van der Waals surface area contributed by atoms with E-state index in [1.54, 1.807) is 31.1 Å². The summed E-state index contributed by atoms with van der Waals surface area (Å²) in [6.45, 7) is 3.01. The highest BCUT2D eigenvalue weighted by Crippen LogP contribution is 2.33. The molecule has 3 heterocycles. The molecule has 2 aliphatic rings. The van der Waals surface area contributed by atoms with Gasteiger partial charge in [-0.25, -0.2) is 4.98 Å². The van der Waals surface area contributed by atoms with Crippen LogP contribution < -0.4 is 24.7 Å².